The van der Waals surface area contributed by atoms with Crippen LogP contribution in [-0.2, 0) is 0 Å². The van der Waals surface area contributed by atoms with Crippen LogP contribution in [0.25, 0.3) is 0 Å². The summed E-state index contributed by atoms with van der Waals surface area (Å²) in [6, 6.07) is 9.24. The van der Waals surface area contributed by atoms with Crippen LogP contribution >= 0.6 is 0 Å². The van der Waals surface area contributed by atoms with Gasteiger partial charge in [-0.3, -0.25) is 4.79 Å². The fourth-order valence-corrected chi connectivity index (χ4v) is 1.90. The molecule has 0 aliphatic carbocycles. The molecule has 20 heavy (non-hydrogen) atoms. The Labute approximate surface area is 114 Å². The van der Waals surface area contributed by atoms with Crippen LogP contribution in [0.5, 0.6) is 0 Å². The summed E-state index contributed by atoms with van der Waals surface area (Å²) in [6.45, 7) is 1.78. The second-order valence-electron chi connectivity index (χ2n) is 4.42. The predicted molar refractivity (Wildman–Crippen MR) is 75.3 cm³/mol. The van der Waals surface area contributed by atoms with E-state index in [1.54, 1.807) is 6.92 Å². The first-order chi connectivity index (χ1) is 9.65. The van der Waals surface area contributed by atoms with Gasteiger partial charge in [0.15, 0.2) is 17.3 Å². The lowest BCUT2D eigenvalue weighted by Gasteiger charge is -2.08. The highest BCUT2D eigenvalue weighted by molar-refractivity contribution is 6.06. The maximum atomic E-state index is 11.8. The standard InChI is InChI=1S/C13H12N6O/c1-8-7-10(20)19-13(15-8)11(12(14)18-19)17-16-9-5-3-2-4-6-9/h2-6H,7H2,1H3,(H2,14,18). The molecule has 0 saturated carbocycles. The van der Waals surface area contributed by atoms with Crippen molar-refractivity contribution in [2.45, 2.75) is 13.3 Å². The normalized spacial score (nSPS) is 14.4. The first kappa shape index (κ1) is 12.2. The number of carbonyl (C=O) groups excluding carboxylic acids is 1. The number of nitrogen functional groups attached to an aromatic ring is 1. The van der Waals surface area contributed by atoms with E-state index in [1.165, 1.54) is 4.68 Å². The molecule has 1 aromatic carbocycles. The molecule has 7 heteroatoms. The van der Waals surface area contributed by atoms with Crippen LogP contribution in [0.4, 0.5) is 23.0 Å². The third-order valence-corrected chi connectivity index (χ3v) is 2.82. The van der Waals surface area contributed by atoms with E-state index in [0.717, 1.165) is 0 Å². The zero-order valence-corrected chi connectivity index (χ0v) is 10.8. The Bertz CT molecular complexity index is 729. The Hall–Kier alpha value is -2.83. The Kier molecular flexibility index (Phi) is 2.86. The highest BCUT2D eigenvalue weighted by Crippen LogP contribution is 2.37. The molecule has 0 atom stereocenters. The molecule has 0 spiro atoms. The molecule has 0 amide bonds. The van der Waals surface area contributed by atoms with E-state index in [0.29, 0.717) is 22.9 Å². The molecule has 2 N–H and O–H groups in total. The van der Waals surface area contributed by atoms with Gasteiger partial charge in [-0.1, -0.05) is 18.2 Å². The maximum Gasteiger partial charge on any atom is 0.254 e. The summed E-state index contributed by atoms with van der Waals surface area (Å²) in [6.07, 6.45) is 0.239. The van der Waals surface area contributed by atoms with Crippen molar-refractivity contribution in [2.24, 2.45) is 15.2 Å². The summed E-state index contributed by atoms with van der Waals surface area (Å²) in [5, 5.41) is 12.1. The molecule has 2 heterocycles. The number of aliphatic imine (C=N–C) groups is 1. The van der Waals surface area contributed by atoms with Gasteiger partial charge in [-0.15, -0.1) is 10.2 Å². The van der Waals surface area contributed by atoms with Gasteiger partial charge in [-0.05, 0) is 19.1 Å². The number of azo groups is 1. The van der Waals surface area contributed by atoms with Crippen LogP contribution < -0.4 is 5.73 Å². The summed E-state index contributed by atoms with van der Waals surface area (Å²) in [7, 11) is 0. The van der Waals surface area contributed by atoms with Gasteiger partial charge in [0, 0.05) is 5.71 Å². The molecule has 0 saturated heterocycles. The molecule has 0 fully saturated rings. The van der Waals surface area contributed by atoms with Crippen molar-refractivity contribution in [1.29, 1.82) is 0 Å². The Balaban J connectivity index is 2.04. The number of rotatable bonds is 2. The zero-order chi connectivity index (χ0) is 14.1. The second kappa shape index (κ2) is 4.69. The minimum atomic E-state index is -0.166. The van der Waals surface area contributed by atoms with E-state index in [1.807, 2.05) is 30.3 Å². The summed E-state index contributed by atoms with van der Waals surface area (Å²) >= 11 is 0. The highest BCUT2D eigenvalue weighted by atomic mass is 16.2. The van der Waals surface area contributed by atoms with E-state index < -0.39 is 0 Å². The lowest BCUT2D eigenvalue weighted by Crippen LogP contribution is -2.19. The van der Waals surface area contributed by atoms with Crippen LogP contribution in [0.3, 0.4) is 0 Å². The number of nitrogens with zero attached hydrogens (tertiary/aromatic N) is 5. The molecule has 1 aromatic heterocycles. The molecule has 2 aromatic rings. The number of carbonyl (C=O) groups is 1. The molecule has 0 bridgehead atoms. The number of anilines is 1. The van der Waals surface area contributed by atoms with Gasteiger partial charge < -0.3 is 5.73 Å². The first-order valence-corrected chi connectivity index (χ1v) is 6.08. The quantitative estimate of drug-likeness (QED) is 0.847. The Morgan fingerprint density at radius 3 is 2.75 bits per heavy atom. The average molecular weight is 268 g/mol. The van der Waals surface area contributed by atoms with Crippen molar-refractivity contribution in [3.05, 3.63) is 30.3 Å². The van der Waals surface area contributed by atoms with Crippen molar-refractivity contribution < 1.29 is 4.79 Å². The third-order valence-electron chi connectivity index (χ3n) is 2.82. The van der Waals surface area contributed by atoms with E-state index in [4.69, 9.17) is 5.73 Å². The third kappa shape index (κ3) is 2.09. The van der Waals surface area contributed by atoms with Crippen molar-refractivity contribution in [3.63, 3.8) is 0 Å². The number of aromatic nitrogens is 2. The van der Waals surface area contributed by atoms with Crippen LogP contribution in [0.15, 0.2) is 45.6 Å². The number of fused-ring (bicyclic) bond motifs is 1. The van der Waals surface area contributed by atoms with E-state index in [9.17, 15) is 4.79 Å². The molecule has 100 valence electrons. The molecule has 0 unspecified atom stereocenters. The van der Waals surface area contributed by atoms with Crippen LogP contribution in [-0.4, -0.2) is 21.4 Å². The lowest BCUT2D eigenvalue weighted by atomic mass is 10.2. The van der Waals surface area contributed by atoms with Crippen molar-refractivity contribution in [2.75, 3.05) is 5.73 Å². The number of hydrogen-bond acceptors (Lipinski definition) is 6. The number of hydrogen-bond donors (Lipinski definition) is 1. The average Bonchev–Trinajstić information content (AvgIpc) is 2.74. The van der Waals surface area contributed by atoms with Gasteiger partial charge in [0.25, 0.3) is 5.91 Å². The molecule has 3 rings (SSSR count). The molecular weight excluding hydrogens is 256 g/mol. The fraction of sp³-hybridized carbons (Fsp3) is 0.154. The molecular formula is C13H12N6O. The fourth-order valence-electron chi connectivity index (χ4n) is 1.90. The van der Waals surface area contributed by atoms with Crippen LogP contribution in [0.1, 0.15) is 18.1 Å². The Morgan fingerprint density at radius 1 is 1.25 bits per heavy atom. The minimum absolute atomic E-state index is 0.145. The molecule has 1 aliphatic heterocycles. The maximum absolute atomic E-state index is 11.8. The van der Waals surface area contributed by atoms with E-state index in [2.05, 4.69) is 20.3 Å². The van der Waals surface area contributed by atoms with Gasteiger partial charge in [0.1, 0.15) is 0 Å². The second-order valence-corrected chi connectivity index (χ2v) is 4.42. The van der Waals surface area contributed by atoms with Gasteiger partial charge in [-0.25, -0.2) is 4.99 Å². The van der Waals surface area contributed by atoms with E-state index >= 15 is 0 Å². The summed E-state index contributed by atoms with van der Waals surface area (Å²) in [5.74, 6) is 0.322. The first-order valence-electron chi connectivity index (χ1n) is 6.08. The van der Waals surface area contributed by atoms with Crippen LogP contribution in [0, 0.1) is 0 Å². The van der Waals surface area contributed by atoms with Crippen molar-refractivity contribution in [1.82, 2.24) is 9.78 Å². The van der Waals surface area contributed by atoms with Gasteiger partial charge in [0.05, 0.1) is 12.1 Å². The van der Waals surface area contributed by atoms with Gasteiger partial charge in [-0.2, -0.15) is 9.80 Å². The smallest absolute Gasteiger partial charge is 0.254 e. The largest absolute Gasteiger partial charge is 0.380 e. The topological polar surface area (TPSA) is 98.0 Å². The predicted octanol–water partition coefficient (Wildman–Crippen LogP) is 3.02. The highest BCUT2D eigenvalue weighted by Gasteiger charge is 2.24. The summed E-state index contributed by atoms with van der Waals surface area (Å²) in [4.78, 5) is 16.1. The Morgan fingerprint density at radius 2 is 2.00 bits per heavy atom. The lowest BCUT2D eigenvalue weighted by molar-refractivity contribution is 0.0906. The minimum Gasteiger partial charge on any atom is -0.380 e. The van der Waals surface area contributed by atoms with Gasteiger partial charge >= 0.3 is 0 Å². The number of benzene rings is 1. The SMILES string of the molecule is CC1=Nc2c(N=Nc3ccccc3)c(N)nn2C(=O)C1. The van der Waals surface area contributed by atoms with Gasteiger partial charge in [0.2, 0.25) is 0 Å². The molecule has 7 nitrogen and oxygen atoms in total. The monoisotopic (exact) mass is 268 g/mol. The van der Waals surface area contributed by atoms with Crippen LogP contribution in [0.2, 0.25) is 0 Å². The molecule has 1 aliphatic rings. The summed E-state index contributed by atoms with van der Waals surface area (Å²) in [5.41, 5.74) is 7.50. The summed E-state index contributed by atoms with van der Waals surface area (Å²) < 4.78 is 1.18. The van der Waals surface area contributed by atoms with Crippen molar-refractivity contribution >= 4 is 34.6 Å². The zero-order valence-electron chi connectivity index (χ0n) is 10.8. The number of nitrogens with two attached hydrogens (primary N) is 1. The molecule has 0 radical (unpaired) electrons. The van der Waals surface area contributed by atoms with E-state index in [-0.39, 0.29) is 18.1 Å². The van der Waals surface area contributed by atoms with Crippen molar-refractivity contribution in [3.8, 4) is 0 Å².